The van der Waals surface area contributed by atoms with E-state index in [1.165, 1.54) is 53.2 Å². The van der Waals surface area contributed by atoms with Crippen molar-refractivity contribution in [2.75, 3.05) is 4.90 Å². The maximum Gasteiger partial charge on any atom is 0.136 e. The van der Waals surface area contributed by atoms with Gasteiger partial charge in [0.1, 0.15) is 11.2 Å². The summed E-state index contributed by atoms with van der Waals surface area (Å²) in [4.78, 5) is 2.39. The Balaban J connectivity index is 0.962. The molecular weight excluding hydrogens is 759 g/mol. The molecule has 0 aliphatic heterocycles. The first kappa shape index (κ1) is 35.2. The average Bonchev–Trinajstić information content (AvgIpc) is 3.90. The molecule has 12 aromatic rings. The number of hydrogen-bond donors (Lipinski definition) is 0. The molecule has 10 aromatic carbocycles. The van der Waals surface area contributed by atoms with Crippen molar-refractivity contribution >= 4 is 81.3 Å². The summed E-state index contributed by atoms with van der Waals surface area (Å²) in [5, 5.41) is 7.41. The van der Waals surface area contributed by atoms with Gasteiger partial charge in [0.15, 0.2) is 0 Å². The van der Waals surface area contributed by atoms with Crippen molar-refractivity contribution < 1.29 is 4.42 Å². The standard InChI is InChI=1S/C58H37NOS/c1-2-15-47-40(11-1)12-10-19-48(47)43-13-9-14-44(35-43)49-16-3-6-20-54(49)59(45-29-23-38(24-30-45)41-27-33-51-50-17-4-7-21-55(50)60-56(51)36-41)46-31-25-39(26-32-46)42-28-34-53-52-18-5-8-22-57(52)61-58(53)37-42/h1-37H. The van der Waals surface area contributed by atoms with Crippen molar-refractivity contribution in [3.63, 3.8) is 0 Å². The second-order valence-electron chi connectivity index (χ2n) is 15.7. The molecule has 2 heterocycles. The van der Waals surface area contributed by atoms with Gasteiger partial charge in [-0.05, 0) is 116 Å². The van der Waals surface area contributed by atoms with Gasteiger partial charge in [-0.1, -0.05) is 158 Å². The van der Waals surface area contributed by atoms with E-state index in [1.54, 1.807) is 0 Å². The van der Waals surface area contributed by atoms with Gasteiger partial charge in [-0.3, -0.25) is 0 Å². The van der Waals surface area contributed by atoms with Gasteiger partial charge in [0.2, 0.25) is 0 Å². The first-order valence-corrected chi connectivity index (χ1v) is 21.5. The Kier molecular flexibility index (Phi) is 8.39. The molecule has 0 saturated heterocycles. The van der Waals surface area contributed by atoms with Gasteiger partial charge in [0.05, 0.1) is 5.69 Å². The summed E-state index contributed by atoms with van der Waals surface area (Å²) in [7, 11) is 0. The number of nitrogens with zero attached hydrogens (tertiary/aromatic N) is 1. The summed E-state index contributed by atoms with van der Waals surface area (Å²) in [6.45, 7) is 0. The minimum absolute atomic E-state index is 0.899. The molecule has 0 bridgehead atoms. The van der Waals surface area contributed by atoms with Crippen molar-refractivity contribution in [1.82, 2.24) is 0 Å². The van der Waals surface area contributed by atoms with Gasteiger partial charge in [-0.25, -0.2) is 0 Å². The summed E-state index contributed by atoms with van der Waals surface area (Å²) in [6.07, 6.45) is 0. The second-order valence-corrected chi connectivity index (χ2v) is 16.8. The minimum Gasteiger partial charge on any atom is -0.456 e. The SMILES string of the molecule is c1cc(-c2ccccc2N(c2ccc(-c3ccc4c(c3)oc3ccccc34)cc2)c2ccc(-c3ccc4c(c3)sc3ccccc34)cc2)cc(-c2cccc3ccccc23)c1. The lowest BCUT2D eigenvalue weighted by Gasteiger charge is -2.28. The van der Waals surface area contributed by atoms with Crippen LogP contribution in [-0.4, -0.2) is 0 Å². The van der Waals surface area contributed by atoms with Crippen LogP contribution in [0.15, 0.2) is 229 Å². The fourth-order valence-electron chi connectivity index (χ4n) is 9.09. The number of hydrogen-bond acceptors (Lipinski definition) is 3. The topological polar surface area (TPSA) is 16.4 Å². The lowest BCUT2D eigenvalue weighted by molar-refractivity contribution is 0.669. The number of rotatable bonds is 7. The molecule has 0 radical (unpaired) electrons. The van der Waals surface area contributed by atoms with Crippen LogP contribution >= 0.6 is 11.3 Å². The first-order valence-electron chi connectivity index (χ1n) is 20.7. The zero-order chi connectivity index (χ0) is 40.3. The molecule has 0 fully saturated rings. The third kappa shape index (κ3) is 6.18. The maximum atomic E-state index is 6.27. The van der Waals surface area contributed by atoms with Crippen molar-refractivity contribution in [1.29, 1.82) is 0 Å². The number of para-hydroxylation sites is 2. The molecule has 2 nitrogen and oxygen atoms in total. The predicted octanol–water partition coefficient (Wildman–Crippen LogP) is 17.2. The van der Waals surface area contributed by atoms with Crippen molar-refractivity contribution in [3.8, 4) is 44.5 Å². The van der Waals surface area contributed by atoms with E-state index in [0.29, 0.717) is 0 Å². The van der Waals surface area contributed by atoms with Gasteiger partial charge in [-0.15, -0.1) is 11.3 Å². The molecule has 0 spiro atoms. The molecule has 0 N–H and O–H groups in total. The predicted molar refractivity (Wildman–Crippen MR) is 261 cm³/mol. The van der Waals surface area contributed by atoms with Gasteiger partial charge >= 0.3 is 0 Å². The van der Waals surface area contributed by atoms with Crippen LogP contribution in [0.3, 0.4) is 0 Å². The second kappa shape index (κ2) is 14.5. The van der Waals surface area contributed by atoms with Crippen LogP contribution in [0.5, 0.6) is 0 Å². The molecular formula is C58H37NOS. The first-order chi connectivity index (χ1) is 30.2. The van der Waals surface area contributed by atoms with Crippen LogP contribution in [-0.2, 0) is 0 Å². The highest BCUT2D eigenvalue weighted by atomic mass is 32.1. The molecule has 0 atom stereocenters. The Bertz CT molecular complexity index is 3430. The zero-order valence-electron chi connectivity index (χ0n) is 33.1. The normalized spacial score (nSPS) is 11.6. The van der Waals surface area contributed by atoms with Crippen LogP contribution in [0, 0.1) is 0 Å². The number of anilines is 3. The van der Waals surface area contributed by atoms with Crippen LogP contribution in [0.2, 0.25) is 0 Å². The average molecular weight is 796 g/mol. The highest BCUT2D eigenvalue weighted by Gasteiger charge is 2.19. The van der Waals surface area contributed by atoms with Crippen LogP contribution in [0.4, 0.5) is 17.1 Å². The minimum atomic E-state index is 0.899. The molecule has 61 heavy (non-hydrogen) atoms. The molecule has 0 amide bonds. The van der Waals surface area contributed by atoms with E-state index >= 15 is 0 Å². The Morgan fingerprint density at radius 1 is 0.311 bits per heavy atom. The largest absolute Gasteiger partial charge is 0.456 e. The third-order valence-electron chi connectivity index (χ3n) is 12.1. The Morgan fingerprint density at radius 2 is 0.852 bits per heavy atom. The Labute approximate surface area is 357 Å². The molecule has 286 valence electrons. The molecule has 2 aromatic heterocycles. The highest BCUT2D eigenvalue weighted by molar-refractivity contribution is 7.25. The van der Waals surface area contributed by atoms with Gasteiger partial charge in [0, 0.05) is 47.9 Å². The smallest absolute Gasteiger partial charge is 0.136 e. The van der Waals surface area contributed by atoms with Gasteiger partial charge < -0.3 is 9.32 Å². The van der Waals surface area contributed by atoms with Gasteiger partial charge in [0.25, 0.3) is 0 Å². The van der Waals surface area contributed by atoms with E-state index in [-0.39, 0.29) is 0 Å². The van der Waals surface area contributed by atoms with Crippen LogP contribution in [0.25, 0.3) is 97.4 Å². The van der Waals surface area contributed by atoms with E-state index < -0.39 is 0 Å². The lowest BCUT2D eigenvalue weighted by atomic mass is 9.94. The molecule has 0 aliphatic rings. The van der Waals surface area contributed by atoms with E-state index in [9.17, 15) is 0 Å². The van der Waals surface area contributed by atoms with E-state index in [2.05, 4.69) is 217 Å². The lowest BCUT2D eigenvalue weighted by Crippen LogP contribution is -2.11. The Morgan fingerprint density at radius 3 is 1.66 bits per heavy atom. The monoisotopic (exact) mass is 795 g/mol. The quantitative estimate of drug-likeness (QED) is 0.160. The van der Waals surface area contributed by atoms with E-state index in [0.717, 1.165) is 61.3 Å². The third-order valence-corrected chi connectivity index (χ3v) is 13.2. The maximum absolute atomic E-state index is 6.27. The molecule has 12 rings (SSSR count). The van der Waals surface area contributed by atoms with Crippen molar-refractivity contribution in [3.05, 3.63) is 224 Å². The highest BCUT2D eigenvalue weighted by Crippen LogP contribution is 2.44. The fraction of sp³-hybridized carbons (Fsp3) is 0. The van der Waals surface area contributed by atoms with Gasteiger partial charge in [-0.2, -0.15) is 0 Å². The van der Waals surface area contributed by atoms with E-state index in [4.69, 9.17) is 4.42 Å². The number of thiophene rings is 1. The molecule has 3 heteroatoms. The number of fused-ring (bicyclic) bond motifs is 7. The summed E-state index contributed by atoms with van der Waals surface area (Å²) in [5.41, 5.74) is 14.5. The number of benzene rings is 10. The number of furan rings is 1. The summed E-state index contributed by atoms with van der Waals surface area (Å²) >= 11 is 1.86. The van der Waals surface area contributed by atoms with Crippen molar-refractivity contribution in [2.24, 2.45) is 0 Å². The van der Waals surface area contributed by atoms with Crippen LogP contribution < -0.4 is 4.90 Å². The summed E-state index contributed by atoms with van der Waals surface area (Å²) < 4.78 is 8.90. The molecule has 0 saturated carbocycles. The van der Waals surface area contributed by atoms with E-state index in [1.807, 2.05) is 23.5 Å². The van der Waals surface area contributed by atoms with Crippen molar-refractivity contribution in [2.45, 2.75) is 0 Å². The molecule has 0 aliphatic carbocycles. The van der Waals surface area contributed by atoms with Crippen LogP contribution in [0.1, 0.15) is 0 Å². The summed E-state index contributed by atoms with van der Waals surface area (Å²) in [6, 6.07) is 81.3. The Hall–Kier alpha value is -7.72. The summed E-state index contributed by atoms with van der Waals surface area (Å²) in [5.74, 6) is 0. The zero-order valence-corrected chi connectivity index (χ0v) is 33.9. The molecule has 0 unspecified atom stereocenters. The fourth-order valence-corrected chi connectivity index (χ4v) is 10.2.